The van der Waals surface area contributed by atoms with Crippen LogP contribution in [0.2, 0.25) is 5.02 Å². The predicted molar refractivity (Wildman–Crippen MR) is 96.3 cm³/mol. The SMILES string of the molecule is COCCOc1c(Cl)cccc1NC(=O)Cc1cn2ccccc2n1. The fourth-order valence-electron chi connectivity index (χ4n) is 2.41. The summed E-state index contributed by atoms with van der Waals surface area (Å²) in [4.78, 5) is 16.8. The maximum Gasteiger partial charge on any atom is 0.230 e. The van der Waals surface area contributed by atoms with E-state index >= 15 is 0 Å². The third kappa shape index (κ3) is 4.29. The predicted octanol–water partition coefficient (Wildman–Crippen LogP) is 3.19. The van der Waals surface area contributed by atoms with Gasteiger partial charge in [0.05, 0.1) is 29.4 Å². The van der Waals surface area contributed by atoms with Crippen LogP contribution < -0.4 is 10.1 Å². The van der Waals surface area contributed by atoms with Crippen LogP contribution in [0.3, 0.4) is 0 Å². The van der Waals surface area contributed by atoms with Gasteiger partial charge in [-0.2, -0.15) is 0 Å². The minimum absolute atomic E-state index is 0.158. The number of rotatable bonds is 7. The third-order valence-corrected chi connectivity index (χ3v) is 3.83. The van der Waals surface area contributed by atoms with E-state index in [1.54, 1.807) is 25.3 Å². The third-order valence-electron chi connectivity index (χ3n) is 3.53. The highest BCUT2D eigenvalue weighted by atomic mass is 35.5. The number of nitrogens with zero attached hydrogens (tertiary/aromatic N) is 2. The van der Waals surface area contributed by atoms with Crippen molar-refractivity contribution in [2.45, 2.75) is 6.42 Å². The first-order valence-corrected chi connectivity index (χ1v) is 8.18. The van der Waals surface area contributed by atoms with Crippen molar-refractivity contribution in [1.82, 2.24) is 9.38 Å². The van der Waals surface area contributed by atoms with E-state index in [-0.39, 0.29) is 12.3 Å². The summed E-state index contributed by atoms with van der Waals surface area (Å²) in [6.07, 6.45) is 3.89. The largest absolute Gasteiger partial charge is 0.487 e. The Labute approximate surface area is 150 Å². The number of methoxy groups -OCH3 is 1. The van der Waals surface area contributed by atoms with E-state index in [0.717, 1.165) is 5.65 Å². The molecule has 3 aromatic rings. The average molecular weight is 360 g/mol. The first kappa shape index (κ1) is 17.3. The Bertz CT molecular complexity index is 846. The van der Waals surface area contributed by atoms with Crippen molar-refractivity contribution in [3.8, 4) is 5.75 Å². The summed E-state index contributed by atoms with van der Waals surface area (Å²) < 4.78 is 12.5. The topological polar surface area (TPSA) is 64.9 Å². The molecule has 6 nitrogen and oxygen atoms in total. The zero-order valence-corrected chi connectivity index (χ0v) is 14.5. The molecule has 2 aromatic heterocycles. The minimum atomic E-state index is -0.192. The Morgan fingerprint density at radius 2 is 2.12 bits per heavy atom. The normalized spacial score (nSPS) is 10.8. The van der Waals surface area contributed by atoms with Crippen LogP contribution in [0.15, 0.2) is 48.8 Å². The van der Waals surface area contributed by atoms with Crippen LogP contribution in [0.1, 0.15) is 5.69 Å². The summed E-state index contributed by atoms with van der Waals surface area (Å²) in [5.41, 5.74) is 2.02. The van der Waals surface area contributed by atoms with Gasteiger partial charge in [0.2, 0.25) is 5.91 Å². The van der Waals surface area contributed by atoms with Gasteiger partial charge in [-0.1, -0.05) is 23.7 Å². The molecule has 0 saturated heterocycles. The molecular formula is C18H18ClN3O3. The molecule has 0 aliphatic rings. The lowest BCUT2D eigenvalue weighted by Crippen LogP contribution is -2.16. The number of para-hydroxylation sites is 1. The number of halogens is 1. The molecule has 1 amide bonds. The molecule has 2 heterocycles. The van der Waals surface area contributed by atoms with Crippen LogP contribution in [-0.2, 0) is 16.0 Å². The number of ether oxygens (including phenoxy) is 2. The van der Waals surface area contributed by atoms with Gasteiger partial charge in [-0.15, -0.1) is 0 Å². The molecule has 0 unspecified atom stereocenters. The molecule has 0 bridgehead atoms. The smallest absolute Gasteiger partial charge is 0.230 e. The molecular weight excluding hydrogens is 342 g/mol. The monoisotopic (exact) mass is 359 g/mol. The van der Waals surface area contributed by atoms with Gasteiger partial charge in [0.25, 0.3) is 0 Å². The van der Waals surface area contributed by atoms with Gasteiger partial charge in [-0.3, -0.25) is 4.79 Å². The number of carbonyl (C=O) groups is 1. The van der Waals surface area contributed by atoms with Crippen molar-refractivity contribution >= 4 is 28.8 Å². The second kappa shape index (κ2) is 8.00. The number of hydrogen-bond donors (Lipinski definition) is 1. The highest BCUT2D eigenvalue weighted by Crippen LogP contribution is 2.33. The zero-order valence-electron chi connectivity index (χ0n) is 13.7. The van der Waals surface area contributed by atoms with Crippen molar-refractivity contribution in [3.05, 3.63) is 59.5 Å². The number of carbonyl (C=O) groups excluding carboxylic acids is 1. The van der Waals surface area contributed by atoms with Crippen molar-refractivity contribution in [2.75, 3.05) is 25.6 Å². The first-order chi connectivity index (χ1) is 12.2. The van der Waals surface area contributed by atoms with Gasteiger partial charge in [0.15, 0.2) is 5.75 Å². The minimum Gasteiger partial charge on any atom is -0.487 e. The molecule has 1 aromatic carbocycles. The summed E-state index contributed by atoms with van der Waals surface area (Å²) in [7, 11) is 1.59. The molecule has 7 heteroatoms. The number of nitrogens with one attached hydrogen (secondary N) is 1. The summed E-state index contributed by atoms with van der Waals surface area (Å²) in [5, 5.41) is 3.26. The molecule has 3 rings (SSSR count). The second-order valence-electron chi connectivity index (χ2n) is 5.38. The van der Waals surface area contributed by atoms with Gasteiger partial charge in [0, 0.05) is 19.5 Å². The van der Waals surface area contributed by atoms with Gasteiger partial charge in [-0.05, 0) is 24.3 Å². The van der Waals surface area contributed by atoms with Gasteiger partial charge >= 0.3 is 0 Å². The quantitative estimate of drug-likeness (QED) is 0.658. The average Bonchev–Trinajstić information content (AvgIpc) is 2.99. The van der Waals surface area contributed by atoms with E-state index in [1.807, 2.05) is 35.0 Å². The van der Waals surface area contributed by atoms with Crippen molar-refractivity contribution in [1.29, 1.82) is 0 Å². The molecule has 1 N–H and O–H groups in total. The lowest BCUT2D eigenvalue weighted by atomic mass is 10.2. The number of aromatic nitrogens is 2. The lowest BCUT2D eigenvalue weighted by Gasteiger charge is -2.13. The fourth-order valence-corrected chi connectivity index (χ4v) is 2.64. The van der Waals surface area contributed by atoms with Crippen molar-refractivity contribution in [3.63, 3.8) is 0 Å². The van der Waals surface area contributed by atoms with E-state index in [1.165, 1.54) is 0 Å². The molecule has 25 heavy (non-hydrogen) atoms. The molecule has 0 fully saturated rings. The Balaban J connectivity index is 1.70. The van der Waals surface area contributed by atoms with Crippen LogP contribution in [0, 0.1) is 0 Å². The standard InChI is InChI=1S/C18H18ClN3O3/c1-24-9-10-25-18-14(19)5-4-6-15(18)21-17(23)11-13-12-22-8-3-2-7-16(22)20-13/h2-8,12H,9-11H2,1H3,(H,21,23). The fraction of sp³-hybridized carbons (Fsp3) is 0.222. The molecule has 0 spiro atoms. The van der Waals surface area contributed by atoms with E-state index < -0.39 is 0 Å². The van der Waals surface area contributed by atoms with Crippen LogP contribution in [0.25, 0.3) is 5.65 Å². The van der Waals surface area contributed by atoms with Crippen molar-refractivity contribution < 1.29 is 14.3 Å². The van der Waals surface area contributed by atoms with Crippen LogP contribution in [-0.4, -0.2) is 35.6 Å². The van der Waals surface area contributed by atoms with Crippen molar-refractivity contribution in [2.24, 2.45) is 0 Å². The Hall–Kier alpha value is -2.57. The zero-order chi connectivity index (χ0) is 17.6. The number of benzene rings is 1. The number of fused-ring (bicyclic) bond motifs is 1. The van der Waals surface area contributed by atoms with E-state index in [4.69, 9.17) is 21.1 Å². The highest BCUT2D eigenvalue weighted by molar-refractivity contribution is 6.32. The van der Waals surface area contributed by atoms with E-state index in [0.29, 0.717) is 35.4 Å². The number of hydrogen-bond acceptors (Lipinski definition) is 4. The lowest BCUT2D eigenvalue weighted by molar-refractivity contribution is -0.115. The van der Waals surface area contributed by atoms with E-state index in [2.05, 4.69) is 10.3 Å². The van der Waals surface area contributed by atoms with Gasteiger partial charge in [0.1, 0.15) is 12.3 Å². The van der Waals surface area contributed by atoms with Crippen LogP contribution >= 0.6 is 11.6 Å². The maximum atomic E-state index is 12.4. The number of anilines is 1. The molecule has 0 aliphatic carbocycles. The Morgan fingerprint density at radius 3 is 2.92 bits per heavy atom. The first-order valence-electron chi connectivity index (χ1n) is 7.80. The molecule has 130 valence electrons. The summed E-state index contributed by atoms with van der Waals surface area (Å²) in [6.45, 7) is 0.773. The second-order valence-corrected chi connectivity index (χ2v) is 5.79. The molecule has 0 radical (unpaired) electrons. The number of imidazole rings is 1. The van der Waals surface area contributed by atoms with Gasteiger partial charge in [-0.25, -0.2) is 4.98 Å². The highest BCUT2D eigenvalue weighted by Gasteiger charge is 2.13. The molecule has 0 saturated carbocycles. The number of amides is 1. The van der Waals surface area contributed by atoms with Crippen LogP contribution in [0.5, 0.6) is 5.75 Å². The Kier molecular flexibility index (Phi) is 5.53. The molecule has 0 atom stereocenters. The van der Waals surface area contributed by atoms with E-state index in [9.17, 15) is 4.79 Å². The molecule has 0 aliphatic heterocycles. The summed E-state index contributed by atoms with van der Waals surface area (Å²) >= 11 is 6.17. The van der Waals surface area contributed by atoms with Gasteiger partial charge < -0.3 is 19.2 Å². The summed E-state index contributed by atoms with van der Waals surface area (Å²) in [6, 6.07) is 10.9. The maximum absolute atomic E-state index is 12.4. The summed E-state index contributed by atoms with van der Waals surface area (Å²) in [5.74, 6) is 0.242. The van der Waals surface area contributed by atoms with Crippen LogP contribution in [0.4, 0.5) is 5.69 Å². The number of pyridine rings is 1. The Morgan fingerprint density at radius 1 is 1.24 bits per heavy atom.